The van der Waals surface area contributed by atoms with Gasteiger partial charge in [0.25, 0.3) is 0 Å². The van der Waals surface area contributed by atoms with Gasteiger partial charge in [-0.05, 0) is 32.4 Å². The Balaban J connectivity index is 2.12. The lowest BCUT2D eigenvalue weighted by molar-refractivity contribution is -0.0279. The molecule has 1 N–H and O–H groups in total. The zero-order valence-corrected chi connectivity index (χ0v) is 10.7. The largest absolute Gasteiger partial charge is 0.389 e. The molecule has 4 heteroatoms. The molecule has 0 spiro atoms. The number of aliphatic hydroxyl groups is 1. The van der Waals surface area contributed by atoms with Crippen LogP contribution in [0.4, 0.5) is 5.82 Å². The summed E-state index contributed by atoms with van der Waals surface area (Å²) in [5, 5.41) is 9.43. The molecule has 2 rings (SSSR count). The molecule has 17 heavy (non-hydrogen) atoms. The van der Waals surface area contributed by atoms with Crippen LogP contribution < -0.4 is 4.90 Å². The first kappa shape index (κ1) is 12.3. The summed E-state index contributed by atoms with van der Waals surface area (Å²) in [5.74, 6) is 0.950. The highest BCUT2D eigenvalue weighted by Gasteiger charge is 2.27. The van der Waals surface area contributed by atoms with Crippen LogP contribution in [0.3, 0.4) is 0 Å². The maximum Gasteiger partial charge on any atom is 0.128 e. The van der Waals surface area contributed by atoms with Crippen molar-refractivity contribution in [1.82, 2.24) is 4.98 Å². The lowest BCUT2D eigenvalue weighted by Gasteiger charge is -2.38. The van der Waals surface area contributed by atoms with Crippen LogP contribution in [0, 0.1) is 0 Å². The van der Waals surface area contributed by atoms with Crippen molar-refractivity contribution in [3.63, 3.8) is 0 Å². The molecule has 0 aliphatic carbocycles. The lowest BCUT2D eigenvalue weighted by atomic mass is 10.1. The third kappa shape index (κ3) is 2.96. The first-order valence-corrected chi connectivity index (χ1v) is 6.01. The van der Waals surface area contributed by atoms with Gasteiger partial charge < -0.3 is 14.7 Å². The van der Waals surface area contributed by atoms with Crippen LogP contribution in [0.5, 0.6) is 0 Å². The molecule has 0 bridgehead atoms. The van der Waals surface area contributed by atoms with Gasteiger partial charge in [-0.1, -0.05) is 6.07 Å². The smallest absolute Gasteiger partial charge is 0.128 e. The molecule has 1 atom stereocenters. The molecule has 1 aliphatic rings. The first-order chi connectivity index (χ1) is 7.98. The van der Waals surface area contributed by atoms with Gasteiger partial charge in [-0.15, -0.1) is 0 Å². The number of morpholine rings is 1. The Morgan fingerprint density at radius 2 is 2.24 bits per heavy atom. The van der Waals surface area contributed by atoms with E-state index in [0.717, 1.165) is 31.1 Å². The van der Waals surface area contributed by atoms with Gasteiger partial charge in [0.05, 0.1) is 18.3 Å². The van der Waals surface area contributed by atoms with E-state index in [1.54, 1.807) is 13.1 Å². The number of ether oxygens (including phenoxy) is 1. The van der Waals surface area contributed by atoms with E-state index in [1.165, 1.54) is 0 Å². The number of hydrogen-bond acceptors (Lipinski definition) is 4. The van der Waals surface area contributed by atoms with Crippen LogP contribution in [0.25, 0.3) is 0 Å². The summed E-state index contributed by atoms with van der Waals surface area (Å²) in [4.78, 5) is 6.62. The van der Waals surface area contributed by atoms with Crippen molar-refractivity contribution < 1.29 is 9.84 Å². The van der Waals surface area contributed by atoms with E-state index < -0.39 is 6.10 Å². The zero-order valence-electron chi connectivity index (χ0n) is 10.7. The van der Waals surface area contributed by atoms with E-state index in [1.807, 2.05) is 12.1 Å². The molecule has 2 heterocycles. The molecular weight excluding hydrogens is 216 g/mol. The van der Waals surface area contributed by atoms with Crippen LogP contribution in [0.2, 0.25) is 0 Å². The number of hydrogen-bond donors (Lipinski definition) is 1. The van der Waals surface area contributed by atoms with Gasteiger partial charge in [-0.25, -0.2) is 4.98 Å². The SMILES string of the molecule is CC(O)c1ccc(N2CCOC(C)(C)C2)nc1. The van der Waals surface area contributed by atoms with E-state index in [2.05, 4.69) is 23.7 Å². The number of pyridine rings is 1. The van der Waals surface area contributed by atoms with Crippen molar-refractivity contribution in [2.24, 2.45) is 0 Å². The predicted octanol–water partition coefficient (Wildman–Crippen LogP) is 1.75. The molecule has 1 aromatic heterocycles. The maximum atomic E-state index is 9.43. The van der Waals surface area contributed by atoms with Gasteiger partial charge in [0, 0.05) is 19.3 Å². The molecule has 1 fully saturated rings. The molecule has 0 amide bonds. The molecular formula is C13H20N2O2. The average Bonchev–Trinajstić information content (AvgIpc) is 2.28. The van der Waals surface area contributed by atoms with Crippen LogP contribution >= 0.6 is 0 Å². The minimum Gasteiger partial charge on any atom is -0.389 e. The van der Waals surface area contributed by atoms with Crippen LogP contribution in [0.1, 0.15) is 32.4 Å². The predicted molar refractivity (Wildman–Crippen MR) is 67.1 cm³/mol. The summed E-state index contributed by atoms with van der Waals surface area (Å²) >= 11 is 0. The second-order valence-corrected chi connectivity index (χ2v) is 5.16. The fourth-order valence-corrected chi connectivity index (χ4v) is 2.04. The molecule has 1 aliphatic heterocycles. The van der Waals surface area contributed by atoms with E-state index in [-0.39, 0.29) is 5.60 Å². The Morgan fingerprint density at radius 3 is 2.76 bits per heavy atom. The Morgan fingerprint density at radius 1 is 1.47 bits per heavy atom. The van der Waals surface area contributed by atoms with Gasteiger partial charge in [0.15, 0.2) is 0 Å². The standard InChI is InChI=1S/C13H20N2O2/c1-10(16)11-4-5-12(14-8-11)15-6-7-17-13(2,3)9-15/h4-5,8,10,16H,6-7,9H2,1-3H3. The van der Waals surface area contributed by atoms with Gasteiger partial charge in [-0.2, -0.15) is 0 Å². The summed E-state index contributed by atoms with van der Waals surface area (Å²) in [6, 6.07) is 3.89. The number of nitrogens with zero attached hydrogens (tertiary/aromatic N) is 2. The van der Waals surface area contributed by atoms with Gasteiger partial charge >= 0.3 is 0 Å². The van der Waals surface area contributed by atoms with E-state index in [0.29, 0.717) is 0 Å². The van der Waals surface area contributed by atoms with E-state index in [4.69, 9.17) is 4.74 Å². The van der Waals surface area contributed by atoms with Crippen LogP contribution in [-0.2, 0) is 4.74 Å². The molecule has 0 saturated carbocycles. The summed E-state index contributed by atoms with van der Waals surface area (Å²) in [7, 11) is 0. The minimum absolute atomic E-state index is 0.122. The summed E-state index contributed by atoms with van der Waals surface area (Å²) < 4.78 is 5.67. The molecule has 94 valence electrons. The quantitative estimate of drug-likeness (QED) is 0.849. The minimum atomic E-state index is -0.460. The van der Waals surface area contributed by atoms with Crippen molar-refractivity contribution in [2.45, 2.75) is 32.5 Å². The monoisotopic (exact) mass is 236 g/mol. The molecule has 0 aromatic carbocycles. The second-order valence-electron chi connectivity index (χ2n) is 5.16. The topological polar surface area (TPSA) is 45.6 Å². The highest BCUT2D eigenvalue weighted by Crippen LogP contribution is 2.22. The van der Waals surface area contributed by atoms with Crippen LogP contribution in [-0.4, -0.2) is 35.4 Å². The maximum absolute atomic E-state index is 9.43. The fraction of sp³-hybridized carbons (Fsp3) is 0.615. The number of rotatable bonds is 2. The molecule has 1 aromatic rings. The Bertz CT molecular complexity index is 374. The van der Waals surface area contributed by atoms with Crippen molar-refractivity contribution in [2.75, 3.05) is 24.6 Å². The number of anilines is 1. The summed E-state index contributed by atoms with van der Waals surface area (Å²) in [5.41, 5.74) is 0.726. The van der Waals surface area contributed by atoms with Crippen molar-refractivity contribution in [3.8, 4) is 0 Å². The average molecular weight is 236 g/mol. The number of aromatic nitrogens is 1. The highest BCUT2D eigenvalue weighted by molar-refractivity contribution is 5.40. The van der Waals surface area contributed by atoms with Crippen molar-refractivity contribution in [3.05, 3.63) is 23.9 Å². The molecule has 0 radical (unpaired) electrons. The number of aliphatic hydroxyl groups excluding tert-OH is 1. The Labute approximate surface area is 102 Å². The zero-order chi connectivity index (χ0) is 12.5. The fourth-order valence-electron chi connectivity index (χ4n) is 2.04. The molecule has 4 nitrogen and oxygen atoms in total. The van der Waals surface area contributed by atoms with Gasteiger partial charge in [0.1, 0.15) is 5.82 Å². The Hall–Kier alpha value is -1.13. The van der Waals surface area contributed by atoms with E-state index >= 15 is 0 Å². The lowest BCUT2D eigenvalue weighted by Crippen LogP contribution is -2.48. The highest BCUT2D eigenvalue weighted by atomic mass is 16.5. The summed E-state index contributed by atoms with van der Waals surface area (Å²) in [6.45, 7) is 8.35. The summed E-state index contributed by atoms with van der Waals surface area (Å²) in [6.07, 6.45) is 1.28. The Kier molecular flexibility index (Phi) is 3.35. The third-order valence-electron chi connectivity index (χ3n) is 3.00. The van der Waals surface area contributed by atoms with E-state index in [9.17, 15) is 5.11 Å². The normalized spacial score (nSPS) is 21.3. The molecule has 1 saturated heterocycles. The second kappa shape index (κ2) is 4.63. The first-order valence-electron chi connectivity index (χ1n) is 6.01. The molecule has 1 unspecified atom stereocenters. The van der Waals surface area contributed by atoms with Crippen molar-refractivity contribution in [1.29, 1.82) is 0 Å². The van der Waals surface area contributed by atoms with Crippen LogP contribution in [0.15, 0.2) is 18.3 Å². The van der Waals surface area contributed by atoms with Gasteiger partial charge in [-0.3, -0.25) is 0 Å². The third-order valence-corrected chi connectivity index (χ3v) is 3.00. The van der Waals surface area contributed by atoms with Gasteiger partial charge in [0.2, 0.25) is 0 Å². The van der Waals surface area contributed by atoms with Crippen molar-refractivity contribution >= 4 is 5.82 Å².